The fourth-order valence-corrected chi connectivity index (χ4v) is 4.06. The highest BCUT2D eigenvalue weighted by Crippen LogP contribution is 2.43. The molecule has 1 saturated carbocycles. The molecule has 1 heterocycles. The molecule has 1 aliphatic heterocycles. The molecule has 23 heavy (non-hydrogen) atoms. The quantitative estimate of drug-likeness (QED) is 0.837. The lowest BCUT2D eigenvalue weighted by Crippen LogP contribution is -2.50. The molecule has 0 spiro atoms. The van der Waals surface area contributed by atoms with Crippen molar-refractivity contribution in [2.24, 2.45) is 11.3 Å². The summed E-state index contributed by atoms with van der Waals surface area (Å²) in [6, 6.07) is 8.04. The molecule has 0 bridgehead atoms. The summed E-state index contributed by atoms with van der Waals surface area (Å²) < 4.78 is 10.0. The first-order chi connectivity index (χ1) is 10.9. The van der Waals surface area contributed by atoms with E-state index in [-0.39, 0.29) is 5.41 Å². The number of rotatable bonds is 2. The predicted molar refractivity (Wildman–Crippen MR) is 92.1 cm³/mol. The maximum absolute atomic E-state index is 11.8. The number of carbonyl (C=O) groups excluding carboxylic acids is 1. The summed E-state index contributed by atoms with van der Waals surface area (Å²) in [6.45, 7) is 5.41. The topological polar surface area (TPSA) is 38.8 Å². The Kier molecular flexibility index (Phi) is 5.69. The van der Waals surface area contributed by atoms with Crippen LogP contribution >= 0.6 is 0 Å². The van der Waals surface area contributed by atoms with Gasteiger partial charge in [0.25, 0.3) is 0 Å². The van der Waals surface area contributed by atoms with Gasteiger partial charge in [0.1, 0.15) is 5.78 Å². The fourth-order valence-electron chi connectivity index (χ4n) is 4.06. The van der Waals surface area contributed by atoms with Crippen LogP contribution in [0.15, 0.2) is 24.3 Å². The minimum Gasteiger partial charge on any atom is -0.493 e. The van der Waals surface area contributed by atoms with E-state index in [0.29, 0.717) is 11.8 Å². The van der Waals surface area contributed by atoms with E-state index in [4.69, 9.17) is 9.47 Å². The Hall–Kier alpha value is -1.55. The third kappa shape index (κ3) is 3.69. The van der Waals surface area contributed by atoms with Gasteiger partial charge in [0.2, 0.25) is 0 Å². The highest BCUT2D eigenvalue weighted by molar-refractivity contribution is 5.85. The molecule has 4 heteroatoms. The second-order valence-corrected chi connectivity index (χ2v) is 7.01. The lowest BCUT2D eigenvalue weighted by Gasteiger charge is -2.42. The maximum Gasteiger partial charge on any atom is 0.160 e. The summed E-state index contributed by atoms with van der Waals surface area (Å²) in [5.41, 5.74) is -0.103. The standard InChI is InChI=1S/C11H19NO.C8H10O2/c1-11(2)9(13)5-4-8-6-7-12(3)10(8)11;1-9-7-5-3-4-6-8(7)10-2/h8,10H,4-7H2,1-3H3;3-6H,1-2H3. The average molecular weight is 319 g/mol. The first kappa shape index (κ1) is 17.8. The molecule has 0 amide bonds. The van der Waals surface area contributed by atoms with Gasteiger partial charge in [0.05, 0.1) is 14.2 Å². The van der Waals surface area contributed by atoms with Crippen LogP contribution in [0.5, 0.6) is 11.5 Å². The number of likely N-dealkylation sites (tertiary alicyclic amines) is 1. The van der Waals surface area contributed by atoms with Gasteiger partial charge in [-0.1, -0.05) is 26.0 Å². The molecule has 2 atom stereocenters. The Balaban J connectivity index is 0.000000174. The molecule has 1 saturated heterocycles. The SMILES string of the molecule is CN1CCC2CCC(=O)C(C)(C)C21.COc1ccccc1OC. The Morgan fingerprint density at radius 2 is 1.65 bits per heavy atom. The van der Waals surface area contributed by atoms with Gasteiger partial charge in [-0.25, -0.2) is 0 Å². The van der Waals surface area contributed by atoms with Crippen molar-refractivity contribution >= 4 is 5.78 Å². The van der Waals surface area contributed by atoms with Crippen molar-refractivity contribution < 1.29 is 14.3 Å². The monoisotopic (exact) mass is 319 g/mol. The van der Waals surface area contributed by atoms with Crippen LogP contribution in [0.4, 0.5) is 0 Å². The van der Waals surface area contributed by atoms with Gasteiger partial charge in [-0.3, -0.25) is 4.79 Å². The molecule has 1 aliphatic carbocycles. The van der Waals surface area contributed by atoms with Gasteiger partial charge < -0.3 is 14.4 Å². The number of hydrogen-bond acceptors (Lipinski definition) is 4. The molecule has 3 rings (SSSR count). The molecule has 0 N–H and O–H groups in total. The van der Waals surface area contributed by atoms with E-state index in [9.17, 15) is 4.79 Å². The zero-order valence-electron chi connectivity index (χ0n) is 15.0. The Morgan fingerprint density at radius 1 is 1.09 bits per heavy atom. The number of ketones is 1. The van der Waals surface area contributed by atoms with Crippen molar-refractivity contribution in [3.63, 3.8) is 0 Å². The van der Waals surface area contributed by atoms with E-state index >= 15 is 0 Å². The zero-order chi connectivity index (χ0) is 17.0. The van der Waals surface area contributed by atoms with E-state index in [1.807, 2.05) is 24.3 Å². The van der Waals surface area contributed by atoms with Crippen LogP contribution in [-0.2, 0) is 4.79 Å². The minimum absolute atomic E-state index is 0.103. The number of benzene rings is 1. The largest absolute Gasteiger partial charge is 0.493 e. The van der Waals surface area contributed by atoms with Crippen LogP contribution in [-0.4, -0.2) is 44.5 Å². The van der Waals surface area contributed by atoms with Gasteiger partial charge in [0.15, 0.2) is 11.5 Å². The van der Waals surface area contributed by atoms with Gasteiger partial charge in [0, 0.05) is 17.9 Å². The first-order valence-corrected chi connectivity index (χ1v) is 8.32. The lowest BCUT2D eigenvalue weighted by atomic mass is 9.67. The molecule has 128 valence electrons. The zero-order valence-corrected chi connectivity index (χ0v) is 15.0. The van der Waals surface area contributed by atoms with Crippen LogP contribution in [0.25, 0.3) is 0 Å². The molecule has 4 nitrogen and oxygen atoms in total. The highest BCUT2D eigenvalue weighted by Gasteiger charge is 2.49. The van der Waals surface area contributed by atoms with Crippen molar-refractivity contribution in [2.45, 2.75) is 39.2 Å². The second-order valence-electron chi connectivity index (χ2n) is 7.01. The Bertz CT molecular complexity index is 518. The first-order valence-electron chi connectivity index (χ1n) is 8.32. The number of nitrogens with zero attached hydrogens (tertiary/aromatic N) is 1. The number of fused-ring (bicyclic) bond motifs is 1. The molecular weight excluding hydrogens is 290 g/mol. The van der Waals surface area contributed by atoms with Crippen LogP contribution in [0, 0.1) is 11.3 Å². The van der Waals surface area contributed by atoms with Gasteiger partial charge >= 0.3 is 0 Å². The smallest absolute Gasteiger partial charge is 0.160 e. The predicted octanol–water partition coefficient (Wildman–Crippen LogP) is 3.40. The molecule has 2 aliphatic rings. The molecule has 2 unspecified atom stereocenters. The summed E-state index contributed by atoms with van der Waals surface area (Å²) in [5.74, 6) is 2.77. The number of para-hydroxylation sites is 2. The number of methoxy groups -OCH3 is 2. The summed E-state index contributed by atoms with van der Waals surface area (Å²) in [7, 11) is 5.40. The highest BCUT2D eigenvalue weighted by atomic mass is 16.5. The molecular formula is C19H29NO3. The van der Waals surface area contributed by atoms with E-state index < -0.39 is 0 Å². The van der Waals surface area contributed by atoms with Crippen molar-refractivity contribution in [3.05, 3.63) is 24.3 Å². The summed E-state index contributed by atoms with van der Waals surface area (Å²) in [6.07, 6.45) is 3.22. The van der Waals surface area contributed by atoms with Gasteiger partial charge in [-0.15, -0.1) is 0 Å². The maximum atomic E-state index is 11.8. The number of carbonyl (C=O) groups is 1. The molecule has 0 radical (unpaired) electrons. The molecule has 1 aromatic rings. The van der Waals surface area contributed by atoms with Crippen LogP contribution < -0.4 is 9.47 Å². The second kappa shape index (κ2) is 7.35. The van der Waals surface area contributed by atoms with E-state index in [1.54, 1.807) is 14.2 Å². The molecule has 0 aromatic heterocycles. The Labute approximate surface area is 139 Å². The van der Waals surface area contributed by atoms with E-state index in [1.165, 1.54) is 13.0 Å². The number of ether oxygens (including phenoxy) is 2. The van der Waals surface area contributed by atoms with Crippen molar-refractivity contribution in [3.8, 4) is 11.5 Å². The number of hydrogen-bond donors (Lipinski definition) is 0. The van der Waals surface area contributed by atoms with Crippen LogP contribution in [0.2, 0.25) is 0 Å². The summed E-state index contributed by atoms with van der Waals surface area (Å²) in [4.78, 5) is 14.2. The van der Waals surface area contributed by atoms with Crippen molar-refractivity contribution in [2.75, 3.05) is 27.8 Å². The van der Waals surface area contributed by atoms with Crippen molar-refractivity contribution in [1.29, 1.82) is 0 Å². The lowest BCUT2D eigenvalue weighted by molar-refractivity contribution is -0.134. The Morgan fingerprint density at radius 3 is 2.17 bits per heavy atom. The normalized spacial score (nSPS) is 26.0. The number of Topliss-reactive ketones (excluding diaryl/α,β-unsaturated/α-hetero) is 1. The van der Waals surface area contributed by atoms with Crippen LogP contribution in [0.3, 0.4) is 0 Å². The fraction of sp³-hybridized carbons (Fsp3) is 0.632. The third-order valence-corrected chi connectivity index (χ3v) is 5.26. The summed E-state index contributed by atoms with van der Waals surface area (Å²) >= 11 is 0. The van der Waals surface area contributed by atoms with Crippen LogP contribution in [0.1, 0.15) is 33.1 Å². The van der Waals surface area contributed by atoms with Crippen molar-refractivity contribution in [1.82, 2.24) is 4.90 Å². The third-order valence-electron chi connectivity index (χ3n) is 5.26. The molecule has 1 aromatic carbocycles. The minimum atomic E-state index is -0.103. The average Bonchev–Trinajstić information content (AvgIpc) is 2.94. The van der Waals surface area contributed by atoms with Gasteiger partial charge in [-0.05, 0) is 44.5 Å². The molecule has 2 fully saturated rings. The van der Waals surface area contributed by atoms with Gasteiger partial charge in [-0.2, -0.15) is 0 Å². The van der Waals surface area contributed by atoms with E-state index in [0.717, 1.165) is 30.3 Å². The summed E-state index contributed by atoms with van der Waals surface area (Å²) in [5, 5.41) is 0. The van der Waals surface area contributed by atoms with E-state index in [2.05, 4.69) is 25.8 Å².